The van der Waals surface area contributed by atoms with E-state index >= 15 is 0 Å². The molecule has 1 aromatic carbocycles. The van der Waals surface area contributed by atoms with Gasteiger partial charge >= 0.3 is 0 Å². The van der Waals surface area contributed by atoms with Crippen LogP contribution in [-0.2, 0) is 4.79 Å². The molecule has 0 aromatic heterocycles. The molecule has 1 rings (SSSR count). The van der Waals surface area contributed by atoms with Crippen molar-refractivity contribution in [2.45, 2.75) is 27.7 Å². The van der Waals surface area contributed by atoms with Crippen LogP contribution in [0.5, 0.6) is 0 Å². The van der Waals surface area contributed by atoms with Gasteiger partial charge in [-0.1, -0.05) is 29.8 Å². The van der Waals surface area contributed by atoms with E-state index in [0.29, 0.717) is 0 Å². The Balaban J connectivity index is 2.93. The van der Waals surface area contributed by atoms with E-state index in [0.717, 1.165) is 21.3 Å². The summed E-state index contributed by atoms with van der Waals surface area (Å²) in [6.07, 6.45) is 0. The number of hydrogen-bond donors (Lipinski definition) is 1. The maximum absolute atomic E-state index is 11.9. The molecule has 96 valence electrons. The Labute approximate surface area is 116 Å². The van der Waals surface area contributed by atoms with Gasteiger partial charge in [0.15, 0.2) is 0 Å². The van der Waals surface area contributed by atoms with Crippen LogP contribution in [0.2, 0.25) is 0 Å². The number of carbonyl (C=O) groups is 1. The molecule has 0 saturated heterocycles. The summed E-state index contributed by atoms with van der Waals surface area (Å²) in [5.41, 5.74) is 2.85. The van der Waals surface area contributed by atoms with Crippen molar-refractivity contribution < 1.29 is 4.79 Å². The van der Waals surface area contributed by atoms with Gasteiger partial charge < -0.3 is 5.32 Å². The van der Waals surface area contributed by atoms with Crippen molar-refractivity contribution in [3.05, 3.63) is 27.7 Å². The highest BCUT2D eigenvalue weighted by Gasteiger charge is 2.21. The molecule has 0 aliphatic carbocycles. The zero-order valence-electron chi connectivity index (χ0n) is 11.0. The predicted octanol–water partition coefficient (Wildman–Crippen LogP) is 3.80. The van der Waals surface area contributed by atoms with Gasteiger partial charge in [0.1, 0.15) is 5.92 Å². The van der Waals surface area contributed by atoms with Crippen molar-refractivity contribution in [2.75, 3.05) is 5.32 Å². The van der Waals surface area contributed by atoms with Gasteiger partial charge in [-0.25, -0.2) is 0 Å². The lowest BCUT2D eigenvalue weighted by molar-refractivity contribution is -0.119. The second-order valence-electron chi connectivity index (χ2n) is 4.76. The third-order valence-corrected chi connectivity index (χ3v) is 4.04. The summed E-state index contributed by atoms with van der Waals surface area (Å²) in [6.45, 7) is 7.67. The van der Waals surface area contributed by atoms with Crippen LogP contribution < -0.4 is 5.32 Å². The molecule has 0 aliphatic rings. The van der Waals surface area contributed by atoms with E-state index in [9.17, 15) is 4.79 Å². The Bertz CT molecular complexity index is 480. The minimum atomic E-state index is -0.616. The van der Waals surface area contributed by atoms with Crippen LogP contribution in [0.25, 0.3) is 0 Å². The number of anilines is 1. The number of rotatable bonds is 3. The lowest BCUT2D eigenvalue weighted by Crippen LogP contribution is -2.25. The van der Waals surface area contributed by atoms with Crippen molar-refractivity contribution in [3.8, 4) is 6.07 Å². The Morgan fingerprint density at radius 1 is 1.33 bits per heavy atom. The van der Waals surface area contributed by atoms with Gasteiger partial charge in [0.2, 0.25) is 5.91 Å². The van der Waals surface area contributed by atoms with E-state index in [2.05, 4.69) is 21.2 Å². The molecule has 1 atom stereocenters. The maximum atomic E-state index is 11.9. The molecule has 0 spiro atoms. The molecule has 0 fully saturated rings. The number of nitriles is 1. The van der Waals surface area contributed by atoms with Crippen LogP contribution in [0.15, 0.2) is 16.6 Å². The Hall–Kier alpha value is -1.34. The van der Waals surface area contributed by atoms with Crippen molar-refractivity contribution in [1.82, 2.24) is 0 Å². The van der Waals surface area contributed by atoms with E-state index in [1.165, 1.54) is 0 Å². The topological polar surface area (TPSA) is 52.9 Å². The van der Waals surface area contributed by atoms with Gasteiger partial charge in [-0.15, -0.1) is 0 Å². The summed E-state index contributed by atoms with van der Waals surface area (Å²) in [5.74, 6) is -0.851. The molecule has 1 unspecified atom stereocenters. The first-order valence-electron chi connectivity index (χ1n) is 5.84. The first-order valence-corrected chi connectivity index (χ1v) is 6.63. The normalized spacial score (nSPS) is 12.1. The molecule has 0 saturated carbocycles. The summed E-state index contributed by atoms with van der Waals surface area (Å²) in [5, 5.41) is 11.8. The molecular formula is C14H17BrN2O. The highest BCUT2D eigenvalue weighted by Crippen LogP contribution is 2.25. The average Bonchev–Trinajstić information content (AvgIpc) is 2.26. The minimum Gasteiger partial charge on any atom is -0.325 e. The second kappa shape index (κ2) is 6.01. The first kappa shape index (κ1) is 14.7. The van der Waals surface area contributed by atoms with Crippen LogP contribution in [0.1, 0.15) is 25.0 Å². The van der Waals surface area contributed by atoms with E-state index in [1.54, 1.807) is 0 Å². The lowest BCUT2D eigenvalue weighted by atomic mass is 9.96. The van der Waals surface area contributed by atoms with Crippen molar-refractivity contribution in [3.63, 3.8) is 0 Å². The number of nitrogens with zero attached hydrogens (tertiary/aromatic N) is 1. The summed E-state index contributed by atoms with van der Waals surface area (Å²) < 4.78 is 1.04. The second-order valence-corrected chi connectivity index (χ2v) is 5.56. The fraction of sp³-hybridized carbons (Fsp3) is 0.429. The van der Waals surface area contributed by atoms with Crippen molar-refractivity contribution in [2.24, 2.45) is 11.8 Å². The standard InChI is InChI=1S/C14H17BrN2O/c1-8(2)12(7-16)14(18)17-11-5-9(3)13(15)10(4)6-11/h5-6,8,12H,1-4H3,(H,17,18). The molecular weight excluding hydrogens is 292 g/mol. The van der Waals surface area contributed by atoms with Crippen molar-refractivity contribution in [1.29, 1.82) is 5.26 Å². The van der Waals surface area contributed by atoms with Gasteiger partial charge in [0.25, 0.3) is 0 Å². The van der Waals surface area contributed by atoms with Gasteiger partial charge in [0.05, 0.1) is 6.07 Å². The van der Waals surface area contributed by atoms with E-state index in [1.807, 2.05) is 45.9 Å². The SMILES string of the molecule is Cc1cc(NC(=O)C(C#N)C(C)C)cc(C)c1Br. The van der Waals surface area contributed by atoms with Gasteiger partial charge in [-0.3, -0.25) is 4.79 Å². The average molecular weight is 309 g/mol. The molecule has 1 N–H and O–H groups in total. The van der Waals surface area contributed by atoms with Gasteiger partial charge in [0, 0.05) is 10.2 Å². The van der Waals surface area contributed by atoms with Crippen LogP contribution in [0.4, 0.5) is 5.69 Å². The number of nitrogens with one attached hydrogen (secondary N) is 1. The smallest absolute Gasteiger partial charge is 0.241 e. The van der Waals surface area contributed by atoms with Crippen LogP contribution >= 0.6 is 15.9 Å². The summed E-state index contributed by atoms with van der Waals surface area (Å²) >= 11 is 3.48. The molecule has 0 radical (unpaired) electrons. The highest BCUT2D eigenvalue weighted by atomic mass is 79.9. The zero-order chi connectivity index (χ0) is 13.9. The molecule has 1 amide bonds. The minimum absolute atomic E-state index is 0.00708. The number of hydrogen-bond acceptors (Lipinski definition) is 2. The van der Waals surface area contributed by atoms with E-state index in [4.69, 9.17) is 5.26 Å². The van der Waals surface area contributed by atoms with Gasteiger partial charge in [-0.2, -0.15) is 5.26 Å². The van der Waals surface area contributed by atoms with Crippen LogP contribution in [0.3, 0.4) is 0 Å². The largest absolute Gasteiger partial charge is 0.325 e. The predicted molar refractivity (Wildman–Crippen MR) is 76.2 cm³/mol. The molecule has 3 nitrogen and oxygen atoms in total. The summed E-state index contributed by atoms with van der Waals surface area (Å²) in [4.78, 5) is 11.9. The Morgan fingerprint density at radius 3 is 2.22 bits per heavy atom. The molecule has 0 heterocycles. The lowest BCUT2D eigenvalue weighted by Gasteiger charge is -2.14. The summed E-state index contributed by atoms with van der Waals surface area (Å²) in [7, 11) is 0. The first-order chi connectivity index (χ1) is 8.36. The van der Waals surface area contributed by atoms with Crippen LogP contribution in [0, 0.1) is 37.0 Å². The number of halogens is 1. The maximum Gasteiger partial charge on any atom is 0.241 e. The number of benzene rings is 1. The monoisotopic (exact) mass is 308 g/mol. The fourth-order valence-electron chi connectivity index (χ4n) is 1.75. The number of aryl methyl sites for hydroxylation is 2. The Kier molecular flexibility index (Phi) is 4.92. The van der Waals surface area contributed by atoms with Crippen LogP contribution in [-0.4, -0.2) is 5.91 Å². The summed E-state index contributed by atoms with van der Waals surface area (Å²) in [6, 6.07) is 5.83. The molecule has 4 heteroatoms. The zero-order valence-corrected chi connectivity index (χ0v) is 12.6. The quantitative estimate of drug-likeness (QED) is 0.923. The molecule has 18 heavy (non-hydrogen) atoms. The third-order valence-electron chi connectivity index (χ3n) is 2.79. The Morgan fingerprint density at radius 2 is 1.83 bits per heavy atom. The molecule has 0 bridgehead atoms. The van der Waals surface area contributed by atoms with E-state index in [-0.39, 0.29) is 11.8 Å². The highest BCUT2D eigenvalue weighted by molar-refractivity contribution is 9.10. The number of amides is 1. The molecule has 1 aromatic rings. The fourth-order valence-corrected chi connectivity index (χ4v) is 1.98. The number of carbonyl (C=O) groups excluding carboxylic acids is 1. The third kappa shape index (κ3) is 3.33. The molecule has 0 aliphatic heterocycles. The van der Waals surface area contributed by atoms with E-state index < -0.39 is 5.92 Å². The van der Waals surface area contributed by atoms with Gasteiger partial charge in [-0.05, 0) is 43.0 Å². The van der Waals surface area contributed by atoms with Crippen molar-refractivity contribution >= 4 is 27.5 Å².